The van der Waals surface area contributed by atoms with Gasteiger partial charge in [0.05, 0.1) is 13.2 Å². The zero-order valence-electron chi connectivity index (χ0n) is 14.7. The number of hydrogen-bond acceptors (Lipinski definition) is 4. The fraction of sp³-hybridized carbons (Fsp3) is 0.333. The van der Waals surface area contributed by atoms with E-state index < -0.39 is 6.10 Å². The molecule has 0 spiro atoms. The Labute approximate surface area is 161 Å². The molecule has 0 bridgehead atoms. The van der Waals surface area contributed by atoms with Gasteiger partial charge in [-0.1, -0.05) is 22.0 Å². The van der Waals surface area contributed by atoms with Crippen LogP contribution in [0.2, 0.25) is 0 Å². The zero-order chi connectivity index (χ0) is 18.1. The number of aliphatic hydroxyl groups is 1. The predicted octanol–water partition coefficient (Wildman–Crippen LogP) is 4.34. The maximum absolute atomic E-state index is 10.6. The molecule has 136 valence electrons. The summed E-state index contributed by atoms with van der Waals surface area (Å²) < 4.78 is 12.3. The van der Waals surface area contributed by atoms with Crippen LogP contribution in [-0.2, 0) is 12.8 Å². The van der Waals surface area contributed by atoms with Gasteiger partial charge >= 0.3 is 0 Å². The van der Waals surface area contributed by atoms with Gasteiger partial charge in [-0.15, -0.1) is 0 Å². The van der Waals surface area contributed by atoms with Gasteiger partial charge in [0.25, 0.3) is 0 Å². The topological polar surface area (TPSA) is 45.8 Å². The summed E-state index contributed by atoms with van der Waals surface area (Å²) in [5, 5.41) is 11.7. The van der Waals surface area contributed by atoms with Gasteiger partial charge in [0.15, 0.2) is 0 Å². The first-order chi connectivity index (χ1) is 12.6. The molecule has 1 aromatic heterocycles. The number of aliphatic hydroxyl groups excluding tert-OH is 1. The lowest BCUT2D eigenvalue weighted by Gasteiger charge is -2.21. The average Bonchev–Trinajstić information content (AvgIpc) is 2.97. The molecule has 1 N–H and O–H groups in total. The third kappa shape index (κ3) is 3.65. The van der Waals surface area contributed by atoms with Crippen molar-refractivity contribution in [3.8, 4) is 5.75 Å². The van der Waals surface area contributed by atoms with Crippen LogP contribution in [0.3, 0.4) is 0 Å². The molecule has 2 heterocycles. The summed E-state index contributed by atoms with van der Waals surface area (Å²) in [7, 11) is 1.67. The largest absolute Gasteiger partial charge is 0.497 e. The Morgan fingerprint density at radius 1 is 1.23 bits per heavy atom. The lowest BCUT2D eigenvalue weighted by molar-refractivity contribution is 0.120. The smallest absolute Gasteiger partial charge is 0.134 e. The maximum atomic E-state index is 10.6. The highest BCUT2D eigenvalue weighted by Crippen LogP contribution is 2.28. The summed E-state index contributed by atoms with van der Waals surface area (Å²) in [6.07, 6.45) is 1.28. The minimum absolute atomic E-state index is 0.468. The summed E-state index contributed by atoms with van der Waals surface area (Å²) in [6.45, 7) is 2.43. The Balaban J connectivity index is 1.44. The molecule has 0 amide bonds. The highest BCUT2D eigenvalue weighted by atomic mass is 79.9. The van der Waals surface area contributed by atoms with E-state index in [9.17, 15) is 5.11 Å². The van der Waals surface area contributed by atoms with Gasteiger partial charge in [-0.2, -0.15) is 0 Å². The van der Waals surface area contributed by atoms with Crippen molar-refractivity contribution in [1.82, 2.24) is 4.90 Å². The number of β-amino-alcohol motifs (C(OH)–C–C–N with tert-alkyl or cyclic N) is 1. The van der Waals surface area contributed by atoms with Gasteiger partial charge in [-0.05, 0) is 53.9 Å². The van der Waals surface area contributed by atoms with Crippen molar-refractivity contribution in [2.24, 2.45) is 0 Å². The summed E-state index contributed by atoms with van der Waals surface area (Å²) in [4.78, 5) is 2.31. The van der Waals surface area contributed by atoms with Crippen LogP contribution in [0.1, 0.15) is 23.0 Å². The molecular weight excluding hydrogens is 394 g/mol. The zero-order valence-corrected chi connectivity index (χ0v) is 16.3. The first-order valence-electron chi connectivity index (χ1n) is 8.87. The molecule has 4 rings (SSSR count). The summed E-state index contributed by atoms with van der Waals surface area (Å²) in [5.74, 6) is 1.83. The van der Waals surface area contributed by atoms with E-state index in [1.807, 2.05) is 30.3 Å². The maximum Gasteiger partial charge on any atom is 0.134 e. The number of halogens is 1. The molecule has 1 atom stereocenters. The third-order valence-corrected chi connectivity index (χ3v) is 5.53. The van der Waals surface area contributed by atoms with Gasteiger partial charge in [0.1, 0.15) is 17.1 Å². The van der Waals surface area contributed by atoms with E-state index in [1.54, 1.807) is 7.11 Å². The van der Waals surface area contributed by atoms with Crippen molar-refractivity contribution >= 4 is 26.9 Å². The fourth-order valence-corrected chi connectivity index (χ4v) is 4.01. The Kier molecular flexibility index (Phi) is 5.02. The Bertz CT molecular complexity index is 921. The van der Waals surface area contributed by atoms with E-state index in [2.05, 4.69) is 33.0 Å². The predicted molar refractivity (Wildman–Crippen MR) is 106 cm³/mol. The molecule has 1 unspecified atom stereocenters. The molecule has 5 heteroatoms. The van der Waals surface area contributed by atoms with Crippen LogP contribution in [0.4, 0.5) is 0 Å². The lowest BCUT2D eigenvalue weighted by Crippen LogP contribution is -2.30. The van der Waals surface area contributed by atoms with Crippen molar-refractivity contribution in [1.29, 1.82) is 0 Å². The van der Waals surface area contributed by atoms with E-state index >= 15 is 0 Å². The number of fused-ring (bicyclic) bond motifs is 2. The molecule has 0 fully saturated rings. The molecule has 4 nitrogen and oxygen atoms in total. The second-order valence-corrected chi connectivity index (χ2v) is 7.69. The highest BCUT2D eigenvalue weighted by Gasteiger charge is 2.21. The first-order valence-corrected chi connectivity index (χ1v) is 9.67. The Morgan fingerprint density at radius 2 is 2.12 bits per heavy atom. The molecule has 0 saturated carbocycles. The summed E-state index contributed by atoms with van der Waals surface area (Å²) in [5.41, 5.74) is 3.11. The monoisotopic (exact) mass is 415 g/mol. The molecule has 0 aliphatic carbocycles. The molecule has 2 aromatic carbocycles. The van der Waals surface area contributed by atoms with Crippen LogP contribution in [-0.4, -0.2) is 36.8 Å². The van der Waals surface area contributed by atoms with Crippen LogP contribution in [0, 0.1) is 0 Å². The van der Waals surface area contributed by atoms with Gasteiger partial charge in [0, 0.05) is 35.9 Å². The van der Waals surface area contributed by atoms with Crippen molar-refractivity contribution < 1.29 is 14.3 Å². The van der Waals surface area contributed by atoms with E-state index in [0.717, 1.165) is 58.4 Å². The standard InChI is InChI=1S/C21H22BrNO3/c1-25-17-3-4-19-14(11-17)6-8-23(13-20(19)24)9-7-18-12-15-10-16(22)2-5-21(15)26-18/h2-5,10-12,20,24H,6-9,13H2,1H3. The van der Waals surface area contributed by atoms with Crippen molar-refractivity contribution in [2.75, 3.05) is 26.7 Å². The second kappa shape index (κ2) is 7.43. The molecule has 3 aromatic rings. The first kappa shape index (κ1) is 17.6. The van der Waals surface area contributed by atoms with E-state index in [4.69, 9.17) is 9.15 Å². The van der Waals surface area contributed by atoms with Crippen LogP contribution in [0.5, 0.6) is 5.75 Å². The Hall–Kier alpha value is -1.82. The number of hydrogen-bond donors (Lipinski definition) is 1. The number of rotatable bonds is 4. The Morgan fingerprint density at radius 3 is 2.96 bits per heavy atom. The second-order valence-electron chi connectivity index (χ2n) is 6.78. The number of methoxy groups -OCH3 is 1. The fourth-order valence-electron chi connectivity index (χ4n) is 3.63. The molecule has 1 aliphatic rings. The van der Waals surface area contributed by atoms with Crippen LogP contribution in [0.25, 0.3) is 11.0 Å². The highest BCUT2D eigenvalue weighted by molar-refractivity contribution is 9.10. The summed E-state index contributed by atoms with van der Waals surface area (Å²) >= 11 is 3.50. The minimum Gasteiger partial charge on any atom is -0.497 e. The van der Waals surface area contributed by atoms with E-state index in [1.165, 1.54) is 5.56 Å². The lowest BCUT2D eigenvalue weighted by atomic mass is 10.0. The van der Waals surface area contributed by atoms with Gasteiger partial charge in [0.2, 0.25) is 0 Å². The molecular formula is C21H22BrNO3. The molecule has 0 radical (unpaired) electrons. The quantitative estimate of drug-likeness (QED) is 0.688. The van der Waals surface area contributed by atoms with E-state index in [0.29, 0.717) is 6.54 Å². The SMILES string of the molecule is COc1ccc2c(c1)CCN(CCc1cc3cc(Br)ccc3o1)CC2O. The van der Waals surface area contributed by atoms with Crippen molar-refractivity contribution in [3.05, 3.63) is 63.8 Å². The number of ether oxygens (including phenoxy) is 1. The van der Waals surface area contributed by atoms with Gasteiger partial charge in [-0.3, -0.25) is 4.90 Å². The van der Waals surface area contributed by atoms with Gasteiger partial charge in [-0.25, -0.2) is 0 Å². The molecule has 0 saturated heterocycles. The van der Waals surface area contributed by atoms with E-state index in [-0.39, 0.29) is 0 Å². The van der Waals surface area contributed by atoms with Crippen molar-refractivity contribution in [2.45, 2.75) is 18.9 Å². The van der Waals surface area contributed by atoms with Crippen LogP contribution >= 0.6 is 15.9 Å². The van der Waals surface area contributed by atoms with Crippen molar-refractivity contribution in [3.63, 3.8) is 0 Å². The normalized spacial score (nSPS) is 17.9. The minimum atomic E-state index is -0.468. The molecule has 1 aliphatic heterocycles. The molecule has 26 heavy (non-hydrogen) atoms. The average molecular weight is 416 g/mol. The number of furan rings is 1. The number of nitrogens with zero attached hydrogens (tertiary/aromatic N) is 1. The summed E-state index contributed by atoms with van der Waals surface area (Å²) in [6, 6.07) is 14.1. The van der Waals surface area contributed by atoms with Crippen LogP contribution in [0.15, 0.2) is 51.4 Å². The van der Waals surface area contributed by atoms with Crippen LogP contribution < -0.4 is 4.74 Å². The number of benzene rings is 2. The van der Waals surface area contributed by atoms with Gasteiger partial charge < -0.3 is 14.3 Å². The third-order valence-electron chi connectivity index (χ3n) is 5.04.